The van der Waals surface area contributed by atoms with E-state index in [-0.39, 0.29) is 6.61 Å². The molecule has 0 aliphatic carbocycles. The zero-order valence-corrected chi connectivity index (χ0v) is 25.3. The zero-order valence-electron chi connectivity index (χ0n) is 25.3. The molecule has 3 aromatic heterocycles. The SMILES string of the molecule is Cc1cc(-c2ccc3c4cnccc4n(C(=O)OC(C)(C)C)c3c2)cnc1OCCOCCOCCOCCOCCO. The molecule has 0 aliphatic rings. The summed E-state index contributed by atoms with van der Waals surface area (Å²) in [6.45, 7) is 11.4. The van der Waals surface area contributed by atoms with E-state index < -0.39 is 11.7 Å². The van der Waals surface area contributed by atoms with E-state index in [1.807, 2.05) is 58.0 Å². The molecular formula is C32H41N3O8. The normalized spacial score (nSPS) is 11.8. The summed E-state index contributed by atoms with van der Waals surface area (Å²) < 4.78 is 34.7. The van der Waals surface area contributed by atoms with Gasteiger partial charge in [0.1, 0.15) is 12.2 Å². The predicted octanol–water partition coefficient (Wildman–Crippen LogP) is 4.78. The van der Waals surface area contributed by atoms with Crippen LogP contribution in [0.25, 0.3) is 32.9 Å². The van der Waals surface area contributed by atoms with Crippen LogP contribution in [0.15, 0.2) is 48.9 Å². The fourth-order valence-electron chi connectivity index (χ4n) is 4.44. The molecule has 11 heteroatoms. The summed E-state index contributed by atoms with van der Waals surface area (Å²) in [6, 6.07) is 9.83. The minimum absolute atomic E-state index is 0.0138. The van der Waals surface area contributed by atoms with E-state index in [2.05, 4.69) is 9.97 Å². The highest BCUT2D eigenvalue weighted by Gasteiger charge is 2.23. The van der Waals surface area contributed by atoms with Gasteiger partial charge in [-0.25, -0.2) is 14.3 Å². The lowest BCUT2D eigenvalue weighted by molar-refractivity contribution is -0.00791. The predicted molar refractivity (Wildman–Crippen MR) is 163 cm³/mol. The van der Waals surface area contributed by atoms with E-state index in [4.69, 9.17) is 33.5 Å². The van der Waals surface area contributed by atoms with Crippen molar-refractivity contribution >= 4 is 27.9 Å². The maximum atomic E-state index is 13.2. The number of benzene rings is 1. The standard InChI is InChI=1S/C32H41N3O8/c1-23-19-25(21-34-30(23)42-18-17-41-16-15-40-14-13-39-12-11-38-10-9-36)24-5-6-26-27-22-33-8-7-28(27)35(29(26)20-24)31(37)43-32(2,3)4/h5-8,19-22,36H,9-18H2,1-4H3. The molecule has 0 aliphatic heterocycles. The summed E-state index contributed by atoms with van der Waals surface area (Å²) in [6.07, 6.45) is 4.77. The number of hydrogen-bond acceptors (Lipinski definition) is 10. The van der Waals surface area contributed by atoms with Crippen LogP contribution in [0.4, 0.5) is 4.79 Å². The second-order valence-electron chi connectivity index (χ2n) is 10.8. The first-order chi connectivity index (χ1) is 20.8. The molecule has 4 rings (SSSR count). The van der Waals surface area contributed by atoms with Gasteiger partial charge >= 0.3 is 6.09 Å². The summed E-state index contributed by atoms with van der Waals surface area (Å²) >= 11 is 0. The van der Waals surface area contributed by atoms with Crippen LogP contribution >= 0.6 is 0 Å². The van der Waals surface area contributed by atoms with Gasteiger partial charge in [-0.1, -0.05) is 12.1 Å². The molecule has 0 fully saturated rings. The van der Waals surface area contributed by atoms with E-state index in [1.54, 1.807) is 23.2 Å². The van der Waals surface area contributed by atoms with Crippen LogP contribution in [-0.4, -0.2) is 97.4 Å². The third-order valence-electron chi connectivity index (χ3n) is 6.33. The number of rotatable bonds is 16. The minimum Gasteiger partial charge on any atom is -0.475 e. The third-order valence-corrected chi connectivity index (χ3v) is 6.33. The quantitative estimate of drug-likeness (QED) is 0.181. The number of aliphatic hydroxyl groups is 1. The van der Waals surface area contributed by atoms with Gasteiger partial charge in [0.05, 0.1) is 70.5 Å². The topological polar surface area (TPSA) is 123 Å². The van der Waals surface area contributed by atoms with Crippen LogP contribution in [0, 0.1) is 6.92 Å². The Kier molecular flexibility index (Phi) is 11.8. The van der Waals surface area contributed by atoms with Gasteiger partial charge < -0.3 is 33.5 Å². The Hall–Kier alpha value is -3.61. The summed E-state index contributed by atoms with van der Waals surface area (Å²) in [7, 11) is 0. The molecule has 0 saturated carbocycles. The van der Waals surface area contributed by atoms with E-state index in [0.717, 1.165) is 38.5 Å². The molecule has 0 bridgehead atoms. The van der Waals surface area contributed by atoms with Gasteiger partial charge in [-0.15, -0.1) is 0 Å². The molecule has 0 unspecified atom stereocenters. The molecule has 1 aromatic carbocycles. The van der Waals surface area contributed by atoms with Gasteiger partial charge in [0, 0.05) is 40.5 Å². The molecule has 0 saturated heterocycles. The second-order valence-corrected chi connectivity index (χ2v) is 10.8. The maximum Gasteiger partial charge on any atom is 0.419 e. The number of ether oxygens (including phenoxy) is 6. The molecule has 232 valence electrons. The average Bonchev–Trinajstić information content (AvgIpc) is 3.31. The van der Waals surface area contributed by atoms with Crippen LogP contribution in [0.1, 0.15) is 26.3 Å². The van der Waals surface area contributed by atoms with Crippen LogP contribution in [0.2, 0.25) is 0 Å². The van der Waals surface area contributed by atoms with Gasteiger partial charge in [0.15, 0.2) is 0 Å². The molecule has 0 atom stereocenters. The summed E-state index contributed by atoms with van der Waals surface area (Å²) in [5.41, 5.74) is 3.56. The number of aryl methyl sites for hydroxylation is 1. The van der Waals surface area contributed by atoms with Crippen molar-refractivity contribution in [3.8, 4) is 17.0 Å². The molecular weight excluding hydrogens is 554 g/mol. The van der Waals surface area contributed by atoms with Gasteiger partial charge in [-0.3, -0.25) is 4.98 Å². The zero-order chi connectivity index (χ0) is 30.7. The number of carbonyl (C=O) groups is 1. The number of aliphatic hydroxyl groups excluding tert-OH is 1. The molecule has 0 radical (unpaired) electrons. The van der Waals surface area contributed by atoms with Crippen molar-refractivity contribution in [3.05, 3.63) is 54.5 Å². The van der Waals surface area contributed by atoms with Gasteiger partial charge in [0.2, 0.25) is 5.88 Å². The maximum absolute atomic E-state index is 13.2. The lowest BCUT2D eigenvalue weighted by Crippen LogP contribution is -2.27. The largest absolute Gasteiger partial charge is 0.475 e. The Morgan fingerprint density at radius 1 is 0.791 bits per heavy atom. The number of carbonyl (C=O) groups excluding carboxylic acids is 1. The Morgan fingerprint density at radius 3 is 2.07 bits per heavy atom. The van der Waals surface area contributed by atoms with E-state index in [1.165, 1.54) is 0 Å². The lowest BCUT2D eigenvalue weighted by Gasteiger charge is -2.20. The average molecular weight is 596 g/mol. The summed E-state index contributed by atoms with van der Waals surface area (Å²) in [5, 5.41) is 10.4. The fourth-order valence-corrected chi connectivity index (χ4v) is 4.44. The van der Waals surface area contributed by atoms with Gasteiger partial charge in [-0.2, -0.15) is 0 Å². The first kappa shape index (κ1) is 32.3. The molecule has 4 aromatic rings. The van der Waals surface area contributed by atoms with Crippen LogP contribution in [0.5, 0.6) is 5.88 Å². The lowest BCUT2D eigenvalue weighted by atomic mass is 10.0. The number of nitrogens with zero attached hydrogens (tertiary/aromatic N) is 3. The Balaban J connectivity index is 1.29. The number of aromatic nitrogens is 3. The van der Waals surface area contributed by atoms with E-state index in [0.29, 0.717) is 65.3 Å². The van der Waals surface area contributed by atoms with Crippen LogP contribution in [0.3, 0.4) is 0 Å². The van der Waals surface area contributed by atoms with E-state index in [9.17, 15) is 4.79 Å². The number of fused-ring (bicyclic) bond motifs is 3. The van der Waals surface area contributed by atoms with Crippen LogP contribution in [-0.2, 0) is 23.7 Å². The third kappa shape index (κ3) is 9.19. The summed E-state index contributed by atoms with van der Waals surface area (Å²) in [4.78, 5) is 22.0. The summed E-state index contributed by atoms with van der Waals surface area (Å²) in [5.74, 6) is 0.540. The highest BCUT2D eigenvalue weighted by molar-refractivity contribution is 6.13. The first-order valence-corrected chi connectivity index (χ1v) is 14.4. The monoisotopic (exact) mass is 595 g/mol. The Labute approximate surface area is 251 Å². The highest BCUT2D eigenvalue weighted by atomic mass is 16.6. The van der Waals surface area contributed by atoms with Crippen molar-refractivity contribution in [1.82, 2.24) is 14.5 Å². The van der Waals surface area contributed by atoms with Crippen LogP contribution < -0.4 is 4.74 Å². The molecule has 43 heavy (non-hydrogen) atoms. The van der Waals surface area contributed by atoms with Crippen molar-refractivity contribution in [3.63, 3.8) is 0 Å². The molecule has 0 spiro atoms. The molecule has 1 N–H and O–H groups in total. The minimum atomic E-state index is -0.631. The molecule has 3 heterocycles. The van der Waals surface area contributed by atoms with Crippen molar-refractivity contribution < 1.29 is 38.3 Å². The molecule has 11 nitrogen and oxygen atoms in total. The smallest absolute Gasteiger partial charge is 0.419 e. The second kappa shape index (κ2) is 15.7. The number of hydrogen-bond donors (Lipinski definition) is 1. The molecule has 0 amide bonds. The highest BCUT2D eigenvalue weighted by Crippen LogP contribution is 2.33. The van der Waals surface area contributed by atoms with Crippen molar-refractivity contribution in [2.45, 2.75) is 33.3 Å². The Morgan fingerprint density at radius 2 is 1.44 bits per heavy atom. The first-order valence-electron chi connectivity index (χ1n) is 14.4. The fraction of sp³-hybridized carbons (Fsp3) is 0.469. The van der Waals surface area contributed by atoms with Crippen molar-refractivity contribution in [2.24, 2.45) is 0 Å². The van der Waals surface area contributed by atoms with Crippen molar-refractivity contribution in [1.29, 1.82) is 0 Å². The van der Waals surface area contributed by atoms with E-state index >= 15 is 0 Å². The van der Waals surface area contributed by atoms with Gasteiger partial charge in [0.25, 0.3) is 0 Å². The Bertz CT molecular complexity index is 1480. The van der Waals surface area contributed by atoms with Gasteiger partial charge in [-0.05, 0) is 51.5 Å². The number of pyridine rings is 2. The van der Waals surface area contributed by atoms with Crippen molar-refractivity contribution in [2.75, 3.05) is 66.1 Å².